The lowest BCUT2D eigenvalue weighted by Gasteiger charge is -2.07. The summed E-state index contributed by atoms with van der Waals surface area (Å²) in [5.41, 5.74) is 2.55. The summed E-state index contributed by atoms with van der Waals surface area (Å²) in [6.07, 6.45) is 2.34. The molecule has 0 aliphatic carbocycles. The topological polar surface area (TPSA) is 114 Å². The monoisotopic (exact) mass is 504 g/mol. The molecule has 0 bridgehead atoms. The molecular formula is C27H24N2O6S. The average molecular weight is 505 g/mol. The van der Waals surface area contributed by atoms with Crippen LogP contribution in [-0.4, -0.2) is 41.3 Å². The summed E-state index contributed by atoms with van der Waals surface area (Å²) in [6, 6.07) is 18.7. The van der Waals surface area contributed by atoms with E-state index in [0.29, 0.717) is 28.9 Å². The number of hydrogen-bond donors (Lipinski definition) is 2. The first-order valence-electron chi connectivity index (χ1n) is 11.3. The first-order chi connectivity index (χ1) is 17.4. The summed E-state index contributed by atoms with van der Waals surface area (Å²) in [5.74, 6) is -0.990. The predicted octanol–water partition coefficient (Wildman–Crippen LogP) is 4.88. The number of carboxylic acid groups (broad SMARTS) is 1. The van der Waals surface area contributed by atoms with E-state index in [1.165, 1.54) is 11.8 Å². The van der Waals surface area contributed by atoms with Crippen molar-refractivity contribution in [2.45, 2.75) is 19.8 Å². The van der Waals surface area contributed by atoms with Crippen LogP contribution in [0.25, 0.3) is 16.8 Å². The van der Waals surface area contributed by atoms with Crippen LogP contribution < -0.4 is 10.1 Å². The van der Waals surface area contributed by atoms with Crippen molar-refractivity contribution in [3.8, 4) is 5.75 Å². The van der Waals surface area contributed by atoms with E-state index < -0.39 is 11.9 Å². The van der Waals surface area contributed by atoms with Crippen LogP contribution >= 0.6 is 11.8 Å². The van der Waals surface area contributed by atoms with E-state index >= 15 is 0 Å². The Hall–Kier alpha value is -4.11. The molecule has 0 saturated heterocycles. The Morgan fingerprint density at radius 2 is 1.81 bits per heavy atom. The fraction of sp³-hybridized carbons (Fsp3) is 0.185. The average Bonchev–Trinajstić information content (AvgIpc) is 3.20. The Morgan fingerprint density at radius 3 is 2.56 bits per heavy atom. The molecule has 0 spiro atoms. The van der Waals surface area contributed by atoms with Gasteiger partial charge in [0.15, 0.2) is 11.8 Å². The van der Waals surface area contributed by atoms with Crippen molar-refractivity contribution < 1.29 is 29.0 Å². The van der Waals surface area contributed by atoms with Crippen molar-refractivity contribution in [2.75, 3.05) is 18.5 Å². The summed E-state index contributed by atoms with van der Waals surface area (Å²) in [4.78, 5) is 39.2. The molecule has 2 N–H and O–H groups in total. The zero-order valence-electron chi connectivity index (χ0n) is 19.5. The molecule has 1 aliphatic rings. The first kappa shape index (κ1) is 25.0. The number of rotatable bonds is 9. The van der Waals surface area contributed by atoms with Gasteiger partial charge in [-0.05, 0) is 83.4 Å². The van der Waals surface area contributed by atoms with E-state index in [0.717, 1.165) is 27.6 Å². The number of amides is 1. The van der Waals surface area contributed by atoms with Crippen LogP contribution in [0.1, 0.15) is 24.5 Å². The van der Waals surface area contributed by atoms with E-state index in [4.69, 9.17) is 14.6 Å². The highest BCUT2D eigenvalue weighted by atomic mass is 32.2. The third-order valence-corrected chi connectivity index (χ3v) is 6.15. The molecule has 36 heavy (non-hydrogen) atoms. The second-order valence-electron chi connectivity index (χ2n) is 7.91. The first-order valence-corrected chi connectivity index (χ1v) is 12.1. The number of nitrogens with zero attached hydrogens (tertiary/aromatic N) is 1. The number of anilines is 1. The molecule has 1 aliphatic heterocycles. The fourth-order valence-electron chi connectivity index (χ4n) is 3.51. The number of ether oxygens (including phenoxy) is 2. The van der Waals surface area contributed by atoms with Gasteiger partial charge in [0, 0.05) is 12.1 Å². The summed E-state index contributed by atoms with van der Waals surface area (Å²) >= 11 is 1.26. The Kier molecular flexibility index (Phi) is 8.02. The Bertz CT molecular complexity index is 1360. The summed E-state index contributed by atoms with van der Waals surface area (Å²) in [7, 11) is 0. The fourth-order valence-corrected chi connectivity index (χ4v) is 4.34. The molecule has 3 aromatic carbocycles. The highest BCUT2D eigenvalue weighted by Crippen LogP contribution is 2.30. The largest absolute Gasteiger partial charge is 0.482 e. The number of aliphatic imine (C=N–C) groups is 1. The van der Waals surface area contributed by atoms with Gasteiger partial charge in [0.1, 0.15) is 5.75 Å². The zero-order valence-corrected chi connectivity index (χ0v) is 20.3. The van der Waals surface area contributed by atoms with Crippen molar-refractivity contribution in [1.29, 1.82) is 0 Å². The molecule has 184 valence electrons. The molecule has 3 aromatic rings. The number of carbonyl (C=O) groups excluding carboxylic acids is 2. The van der Waals surface area contributed by atoms with Gasteiger partial charge in [-0.1, -0.05) is 30.3 Å². The number of aryl methyl sites for hydroxylation is 1. The van der Waals surface area contributed by atoms with Gasteiger partial charge < -0.3 is 19.9 Å². The molecule has 0 radical (unpaired) electrons. The minimum atomic E-state index is -0.831. The minimum absolute atomic E-state index is 0.0805. The van der Waals surface area contributed by atoms with Crippen LogP contribution in [0.15, 0.2) is 70.6 Å². The number of carbonyl (C=O) groups is 3. The van der Waals surface area contributed by atoms with E-state index in [1.54, 1.807) is 19.1 Å². The maximum Gasteiger partial charge on any atom is 0.344 e. The number of amidine groups is 1. The van der Waals surface area contributed by atoms with Crippen molar-refractivity contribution in [3.63, 3.8) is 0 Å². The van der Waals surface area contributed by atoms with Gasteiger partial charge in [0.05, 0.1) is 11.5 Å². The number of esters is 1. The third-order valence-electron chi connectivity index (χ3n) is 5.25. The number of fused-ring (bicyclic) bond motifs is 1. The van der Waals surface area contributed by atoms with Gasteiger partial charge in [-0.2, -0.15) is 4.99 Å². The van der Waals surface area contributed by atoms with Crippen LogP contribution in [0, 0.1) is 0 Å². The van der Waals surface area contributed by atoms with Crippen molar-refractivity contribution in [1.82, 2.24) is 0 Å². The van der Waals surface area contributed by atoms with E-state index in [2.05, 4.69) is 10.3 Å². The SMILES string of the molecule is CCOC(=O)COc1ccc2cc(/C=C3/SC(Nc4ccc(CCC(=O)O)cc4)=NC3=O)ccc2c1. The molecule has 1 heterocycles. The standard InChI is InChI=1S/C27H24N2O6S/c1-2-34-25(32)16-35-22-11-8-19-13-18(3-7-20(19)15-22)14-23-26(33)29-27(36-23)28-21-9-4-17(5-10-21)6-12-24(30)31/h3-5,7-11,13-15H,2,6,12,16H2,1H3,(H,30,31)(H,28,29,33)/b23-14+. The molecule has 0 unspecified atom stereocenters. The molecule has 9 heteroatoms. The maximum atomic E-state index is 12.4. The van der Waals surface area contributed by atoms with Crippen molar-refractivity contribution in [2.24, 2.45) is 4.99 Å². The predicted molar refractivity (Wildman–Crippen MR) is 140 cm³/mol. The third kappa shape index (κ3) is 6.73. The van der Waals surface area contributed by atoms with E-state index in [1.807, 2.05) is 54.6 Å². The highest BCUT2D eigenvalue weighted by Gasteiger charge is 2.22. The second kappa shape index (κ2) is 11.5. The van der Waals surface area contributed by atoms with Gasteiger partial charge in [-0.25, -0.2) is 4.79 Å². The van der Waals surface area contributed by atoms with Crippen LogP contribution in [-0.2, 0) is 25.5 Å². The minimum Gasteiger partial charge on any atom is -0.482 e. The molecular weight excluding hydrogens is 480 g/mol. The summed E-state index contributed by atoms with van der Waals surface area (Å²) < 4.78 is 10.4. The van der Waals surface area contributed by atoms with Crippen molar-refractivity contribution >= 4 is 57.3 Å². The normalized spacial score (nSPS) is 14.1. The molecule has 0 fully saturated rings. The lowest BCUT2D eigenvalue weighted by molar-refractivity contribution is -0.145. The van der Waals surface area contributed by atoms with Gasteiger partial charge in [-0.15, -0.1) is 0 Å². The number of aliphatic carboxylic acids is 1. The number of benzene rings is 3. The Labute approximate surface area is 212 Å². The van der Waals surface area contributed by atoms with Crippen LogP contribution in [0.3, 0.4) is 0 Å². The van der Waals surface area contributed by atoms with Gasteiger partial charge in [-0.3, -0.25) is 9.59 Å². The smallest absolute Gasteiger partial charge is 0.344 e. The van der Waals surface area contributed by atoms with Crippen LogP contribution in [0.5, 0.6) is 5.75 Å². The highest BCUT2D eigenvalue weighted by molar-refractivity contribution is 8.18. The quantitative estimate of drug-likeness (QED) is 0.313. The van der Waals surface area contributed by atoms with E-state index in [-0.39, 0.29) is 18.9 Å². The van der Waals surface area contributed by atoms with Gasteiger partial charge >= 0.3 is 11.9 Å². The van der Waals surface area contributed by atoms with Crippen LogP contribution in [0.2, 0.25) is 0 Å². The second-order valence-corrected chi connectivity index (χ2v) is 8.94. The number of hydrogen-bond acceptors (Lipinski definition) is 7. The molecule has 8 nitrogen and oxygen atoms in total. The van der Waals surface area contributed by atoms with Gasteiger partial charge in [0.25, 0.3) is 5.91 Å². The Morgan fingerprint density at radius 1 is 1.06 bits per heavy atom. The number of nitrogens with one attached hydrogen (secondary N) is 1. The van der Waals surface area contributed by atoms with Crippen molar-refractivity contribution in [3.05, 3.63) is 76.7 Å². The maximum absolute atomic E-state index is 12.4. The zero-order chi connectivity index (χ0) is 25.5. The molecule has 1 amide bonds. The lowest BCUT2D eigenvalue weighted by Crippen LogP contribution is -2.14. The molecule has 0 aromatic heterocycles. The summed E-state index contributed by atoms with van der Waals surface area (Å²) in [6.45, 7) is 1.91. The molecule has 0 saturated carbocycles. The van der Waals surface area contributed by atoms with Crippen LogP contribution in [0.4, 0.5) is 5.69 Å². The molecule has 0 atom stereocenters. The molecule has 4 rings (SSSR count). The lowest BCUT2D eigenvalue weighted by atomic mass is 10.1. The van der Waals surface area contributed by atoms with E-state index in [9.17, 15) is 14.4 Å². The number of thioether (sulfide) groups is 1. The Balaban J connectivity index is 1.38. The number of carboxylic acids is 1. The summed E-state index contributed by atoms with van der Waals surface area (Å²) in [5, 5.41) is 14.3. The van der Waals surface area contributed by atoms with Gasteiger partial charge in [0.2, 0.25) is 0 Å².